The number of nitrogens with one attached hydrogen (secondary N) is 2. The minimum absolute atomic E-state index is 0.455. The quantitative estimate of drug-likeness (QED) is 0.631. The summed E-state index contributed by atoms with van der Waals surface area (Å²) in [6, 6.07) is -0.581. The van der Waals surface area contributed by atoms with E-state index in [2.05, 4.69) is 4.72 Å². The Morgan fingerprint density at radius 3 is 2.67 bits per heavy atom. The second kappa shape index (κ2) is 3.63. The summed E-state index contributed by atoms with van der Waals surface area (Å²) in [7, 11) is -3.53. The van der Waals surface area contributed by atoms with Crippen molar-refractivity contribution in [1.82, 2.24) is 9.44 Å². The van der Waals surface area contributed by atoms with E-state index in [0.29, 0.717) is 6.42 Å². The van der Waals surface area contributed by atoms with Gasteiger partial charge >= 0.3 is 10.2 Å². The molecule has 1 aliphatic heterocycles. The normalized spacial score (nSPS) is 27.1. The molecular formula is C5H10N2O3S2. The lowest BCUT2D eigenvalue weighted by molar-refractivity contribution is -0.120. The fourth-order valence-electron chi connectivity index (χ4n) is 0.900. The molecule has 0 aliphatic carbocycles. The third kappa shape index (κ3) is 2.36. The standard InChI is InChI=1S/C5H10N2O3S2/c1-11-3-2-4-5(8)7-12(9,10)6-4/h4,6H,2-3H2,1H3,(H,7,8). The molecule has 1 rings (SSSR count). The van der Waals surface area contributed by atoms with Crippen LogP contribution in [0.2, 0.25) is 0 Å². The Labute approximate surface area is 75.5 Å². The van der Waals surface area contributed by atoms with Crippen molar-refractivity contribution in [2.24, 2.45) is 0 Å². The van der Waals surface area contributed by atoms with E-state index in [1.165, 1.54) is 0 Å². The molecule has 1 unspecified atom stereocenters. The number of carbonyl (C=O) groups excluding carboxylic acids is 1. The SMILES string of the molecule is CSCCC1NS(=O)(=O)NC1=O. The summed E-state index contributed by atoms with van der Waals surface area (Å²) in [4.78, 5) is 10.9. The van der Waals surface area contributed by atoms with E-state index in [1.807, 2.05) is 11.0 Å². The average molecular weight is 210 g/mol. The van der Waals surface area contributed by atoms with Crippen molar-refractivity contribution in [3.05, 3.63) is 0 Å². The molecule has 1 fully saturated rings. The Morgan fingerprint density at radius 2 is 2.25 bits per heavy atom. The smallest absolute Gasteiger partial charge is 0.272 e. The van der Waals surface area contributed by atoms with Crippen LogP contribution in [-0.4, -0.2) is 32.4 Å². The van der Waals surface area contributed by atoms with E-state index in [0.717, 1.165) is 5.75 Å². The molecular weight excluding hydrogens is 200 g/mol. The average Bonchev–Trinajstić information content (AvgIpc) is 2.20. The molecule has 1 atom stereocenters. The van der Waals surface area contributed by atoms with Gasteiger partial charge in [0.25, 0.3) is 5.91 Å². The number of hydrogen-bond acceptors (Lipinski definition) is 4. The minimum atomic E-state index is -3.53. The van der Waals surface area contributed by atoms with Gasteiger partial charge in [-0.25, -0.2) is 4.72 Å². The third-order valence-electron chi connectivity index (χ3n) is 1.46. The fraction of sp³-hybridized carbons (Fsp3) is 0.800. The molecule has 0 aromatic heterocycles. The predicted molar refractivity (Wildman–Crippen MR) is 47.0 cm³/mol. The maximum Gasteiger partial charge on any atom is 0.302 e. The van der Waals surface area contributed by atoms with E-state index >= 15 is 0 Å². The molecule has 1 aliphatic rings. The lowest BCUT2D eigenvalue weighted by Crippen LogP contribution is -2.29. The molecule has 70 valence electrons. The maximum absolute atomic E-state index is 10.9. The zero-order chi connectivity index (χ0) is 9.19. The molecule has 0 aromatic rings. The minimum Gasteiger partial charge on any atom is -0.272 e. The van der Waals surface area contributed by atoms with E-state index in [1.54, 1.807) is 11.8 Å². The van der Waals surface area contributed by atoms with E-state index in [-0.39, 0.29) is 0 Å². The Kier molecular flexibility index (Phi) is 2.97. The van der Waals surface area contributed by atoms with E-state index in [4.69, 9.17) is 0 Å². The van der Waals surface area contributed by atoms with Crippen LogP contribution in [0, 0.1) is 0 Å². The fourth-order valence-corrected chi connectivity index (χ4v) is 2.44. The van der Waals surface area contributed by atoms with Crippen LogP contribution < -0.4 is 9.44 Å². The number of rotatable bonds is 3. The predicted octanol–water partition coefficient (Wildman–Crippen LogP) is -0.928. The molecule has 5 nitrogen and oxygen atoms in total. The lowest BCUT2D eigenvalue weighted by atomic mass is 10.2. The Bertz CT molecular complexity index is 274. The Hall–Kier alpha value is -0.270. The highest BCUT2D eigenvalue weighted by Crippen LogP contribution is 2.06. The first-order valence-corrected chi connectivity index (χ1v) is 6.26. The van der Waals surface area contributed by atoms with Gasteiger partial charge in [-0.15, -0.1) is 0 Å². The second-order valence-electron chi connectivity index (χ2n) is 2.42. The molecule has 1 heterocycles. The summed E-state index contributed by atoms with van der Waals surface area (Å²) < 4.78 is 25.6. The van der Waals surface area contributed by atoms with Gasteiger partial charge in [0, 0.05) is 0 Å². The van der Waals surface area contributed by atoms with E-state index < -0.39 is 22.2 Å². The molecule has 0 aromatic carbocycles. The van der Waals surface area contributed by atoms with Crippen molar-refractivity contribution in [1.29, 1.82) is 0 Å². The zero-order valence-corrected chi connectivity index (χ0v) is 8.17. The van der Waals surface area contributed by atoms with Crippen LogP contribution in [0.3, 0.4) is 0 Å². The van der Waals surface area contributed by atoms with Gasteiger partial charge in [0.2, 0.25) is 0 Å². The van der Waals surface area contributed by atoms with Crippen LogP contribution in [0.4, 0.5) is 0 Å². The second-order valence-corrected chi connectivity index (χ2v) is 4.85. The number of amides is 1. The van der Waals surface area contributed by atoms with E-state index in [9.17, 15) is 13.2 Å². The zero-order valence-electron chi connectivity index (χ0n) is 6.53. The van der Waals surface area contributed by atoms with Crippen LogP contribution in [0.25, 0.3) is 0 Å². The molecule has 7 heteroatoms. The molecule has 2 N–H and O–H groups in total. The van der Waals surface area contributed by atoms with Gasteiger partial charge in [-0.1, -0.05) is 0 Å². The summed E-state index contributed by atoms with van der Waals surface area (Å²) in [6.45, 7) is 0. The molecule has 0 spiro atoms. The topological polar surface area (TPSA) is 75.3 Å². The molecule has 0 bridgehead atoms. The van der Waals surface area contributed by atoms with Gasteiger partial charge in [-0.2, -0.15) is 24.9 Å². The van der Waals surface area contributed by atoms with Gasteiger partial charge in [0.15, 0.2) is 0 Å². The van der Waals surface area contributed by atoms with Crippen LogP contribution in [0.15, 0.2) is 0 Å². The van der Waals surface area contributed by atoms with Gasteiger partial charge in [-0.05, 0) is 18.4 Å². The lowest BCUT2D eigenvalue weighted by Gasteiger charge is -2.02. The van der Waals surface area contributed by atoms with Crippen molar-refractivity contribution in [3.63, 3.8) is 0 Å². The van der Waals surface area contributed by atoms with Gasteiger partial charge in [-0.3, -0.25) is 4.79 Å². The van der Waals surface area contributed by atoms with Crippen molar-refractivity contribution in [2.75, 3.05) is 12.0 Å². The Balaban J connectivity index is 2.53. The maximum atomic E-state index is 10.9. The highest BCUT2D eigenvalue weighted by molar-refractivity contribution is 7.98. The number of thioether (sulfide) groups is 1. The molecule has 0 saturated carbocycles. The van der Waals surface area contributed by atoms with Crippen LogP contribution in [0.1, 0.15) is 6.42 Å². The van der Waals surface area contributed by atoms with Crippen molar-refractivity contribution < 1.29 is 13.2 Å². The first-order valence-electron chi connectivity index (χ1n) is 3.38. The summed E-state index contributed by atoms with van der Waals surface area (Å²) in [5, 5.41) is 0. The first kappa shape index (κ1) is 9.82. The molecule has 1 amide bonds. The van der Waals surface area contributed by atoms with Crippen molar-refractivity contribution in [3.8, 4) is 0 Å². The Morgan fingerprint density at radius 1 is 1.58 bits per heavy atom. The monoisotopic (exact) mass is 210 g/mol. The largest absolute Gasteiger partial charge is 0.302 e. The van der Waals surface area contributed by atoms with Gasteiger partial charge in [0.05, 0.1) is 0 Å². The number of carbonyl (C=O) groups is 1. The summed E-state index contributed by atoms with van der Waals surface area (Å²) in [5.41, 5.74) is 0. The van der Waals surface area contributed by atoms with Crippen molar-refractivity contribution >= 4 is 27.9 Å². The van der Waals surface area contributed by atoms with Crippen LogP contribution in [0.5, 0.6) is 0 Å². The summed E-state index contributed by atoms with van der Waals surface area (Å²) in [6.07, 6.45) is 2.44. The summed E-state index contributed by atoms with van der Waals surface area (Å²) >= 11 is 1.58. The molecule has 0 radical (unpaired) electrons. The van der Waals surface area contributed by atoms with Crippen molar-refractivity contribution in [2.45, 2.75) is 12.5 Å². The van der Waals surface area contributed by atoms with Crippen LogP contribution >= 0.6 is 11.8 Å². The first-order chi connectivity index (χ1) is 5.55. The summed E-state index contributed by atoms with van der Waals surface area (Å²) in [5.74, 6) is 0.310. The highest BCUT2D eigenvalue weighted by Gasteiger charge is 2.33. The van der Waals surface area contributed by atoms with Gasteiger partial charge < -0.3 is 0 Å². The highest BCUT2D eigenvalue weighted by atomic mass is 32.2. The number of hydrogen-bond donors (Lipinski definition) is 2. The third-order valence-corrected chi connectivity index (χ3v) is 3.17. The molecule has 1 saturated heterocycles. The molecule has 12 heavy (non-hydrogen) atoms. The van der Waals surface area contributed by atoms with Crippen LogP contribution in [-0.2, 0) is 15.0 Å². The van der Waals surface area contributed by atoms with Gasteiger partial charge in [0.1, 0.15) is 6.04 Å².